The van der Waals surface area contributed by atoms with Gasteiger partial charge in [-0.2, -0.15) is 0 Å². The number of carbonyl (C=O) groups is 2. The Morgan fingerprint density at radius 3 is 2.20 bits per heavy atom. The van der Waals surface area contributed by atoms with E-state index in [9.17, 15) is 9.59 Å². The summed E-state index contributed by atoms with van der Waals surface area (Å²) in [6.45, 7) is -0.196. The van der Waals surface area contributed by atoms with Crippen molar-refractivity contribution in [2.24, 2.45) is 0 Å². The molecule has 0 aliphatic heterocycles. The van der Waals surface area contributed by atoms with Crippen LogP contribution in [0.3, 0.4) is 0 Å². The third-order valence-electron chi connectivity index (χ3n) is 3.33. The van der Waals surface area contributed by atoms with Crippen LogP contribution in [0.4, 0.5) is 5.69 Å². The molecule has 0 unspecified atom stereocenters. The second kappa shape index (κ2) is 8.58. The maximum Gasteiger partial charge on any atom is 0.337 e. The Balaban J connectivity index is 1.96. The molecule has 2 aromatic rings. The number of rotatable bonds is 7. The van der Waals surface area contributed by atoms with Gasteiger partial charge in [-0.3, -0.25) is 4.79 Å². The van der Waals surface area contributed by atoms with E-state index in [2.05, 4.69) is 10.1 Å². The maximum atomic E-state index is 12.1. The average Bonchev–Trinajstić information content (AvgIpc) is 2.66. The Morgan fingerprint density at radius 1 is 0.920 bits per heavy atom. The monoisotopic (exact) mass is 345 g/mol. The number of nitrogens with one attached hydrogen (secondary N) is 1. The summed E-state index contributed by atoms with van der Waals surface area (Å²) >= 11 is 0. The number of esters is 1. The lowest BCUT2D eigenvalue weighted by Gasteiger charge is -2.12. The fourth-order valence-electron chi connectivity index (χ4n) is 2.05. The second-order valence-electron chi connectivity index (χ2n) is 4.92. The van der Waals surface area contributed by atoms with Gasteiger partial charge >= 0.3 is 5.97 Å². The first-order chi connectivity index (χ1) is 12.1. The van der Waals surface area contributed by atoms with Crippen LogP contribution in [0.1, 0.15) is 10.4 Å². The van der Waals surface area contributed by atoms with E-state index in [1.54, 1.807) is 42.5 Å². The molecule has 25 heavy (non-hydrogen) atoms. The molecule has 1 N–H and O–H groups in total. The van der Waals surface area contributed by atoms with Crippen molar-refractivity contribution < 1.29 is 28.5 Å². The molecule has 0 aliphatic carbocycles. The summed E-state index contributed by atoms with van der Waals surface area (Å²) in [5.41, 5.74) is 0.886. The summed E-state index contributed by atoms with van der Waals surface area (Å²) in [7, 11) is 4.36. The van der Waals surface area contributed by atoms with E-state index < -0.39 is 5.97 Å². The Morgan fingerprint density at radius 2 is 1.60 bits per heavy atom. The number of ether oxygens (including phenoxy) is 4. The molecule has 2 rings (SSSR count). The molecule has 0 atom stereocenters. The summed E-state index contributed by atoms with van der Waals surface area (Å²) in [5.74, 6) is 0.769. The maximum absolute atomic E-state index is 12.1. The van der Waals surface area contributed by atoms with Gasteiger partial charge in [-0.05, 0) is 36.4 Å². The SMILES string of the molecule is COC(=O)c1ccc(OCC(=O)Nc2cc(OC)ccc2OC)cc1. The van der Waals surface area contributed by atoms with Crippen LogP contribution < -0.4 is 19.5 Å². The van der Waals surface area contributed by atoms with Crippen LogP contribution in [-0.2, 0) is 9.53 Å². The molecular weight excluding hydrogens is 326 g/mol. The molecular formula is C18H19NO6. The molecule has 7 heteroatoms. The summed E-state index contributed by atoms with van der Waals surface area (Å²) < 4.78 is 20.3. The van der Waals surface area contributed by atoms with Crippen molar-refractivity contribution in [2.75, 3.05) is 33.3 Å². The molecule has 0 heterocycles. The highest BCUT2D eigenvalue weighted by Gasteiger charge is 2.10. The van der Waals surface area contributed by atoms with Crippen molar-refractivity contribution in [1.29, 1.82) is 0 Å². The first kappa shape index (κ1) is 18.1. The van der Waals surface area contributed by atoms with Crippen LogP contribution in [-0.4, -0.2) is 39.8 Å². The molecule has 0 spiro atoms. The van der Waals surface area contributed by atoms with Crippen LogP contribution in [0.2, 0.25) is 0 Å². The first-order valence-electron chi connectivity index (χ1n) is 7.40. The van der Waals surface area contributed by atoms with Gasteiger partial charge in [0.15, 0.2) is 6.61 Å². The van der Waals surface area contributed by atoms with E-state index in [0.717, 1.165) is 0 Å². The summed E-state index contributed by atoms with van der Waals surface area (Å²) in [5, 5.41) is 2.70. The van der Waals surface area contributed by atoms with Gasteiger partial charge in [0, 0.05) is 6.07 Å². The molecule has 132 valence electrons. The van der Waals surface area contributed by atoms with Crippen molar-refractivity contribution in [3.8, 4) is 17.2 Å². The normalized spacial score (nSPS) is 9.88. The summed E-state index contributed by atoms with van der Waals surface area (Å²) in [6, 6.07) is 11.4. The fraction of sp³-hybridized carbons (Fsp3) is 0.222. The van der Waals surface area contributed by atoms with Gasteiger partial charge in [-0.25, -0.2) is 4.79 Å². The zero-order chi connectivity index (χ0) is 18.2. The quantitative estimate of drug-likeness (QED) is 0.777. The van der Waals surface area contributed by atoms with Crippen molar-refractivity contribution in [3.63, 3.8) is 0 Å². The van der Waals surface area contributed by atoms with E-state index in [-0.39, 0.29) is 12.5 Å². The van der Waals surface area contributed by atoms with Crippen molar-refractivity contribution >= 4 is 17.6 Å². The van der Waals surface area contributed by atoms with Gasteiger partial charge in [0.1, 0.15) is 17.2 Å². The Labute approximate surface area is 145 Å². The zero-order valence-electron chi connectivity index (χ0n) is 14.2. The Bertz CT molecular complexity index is 742. The highest BCUT2D eigenvalue weighted by atomic mass is 16.5. The number of carbonyl (C=O) groups excluding carboxylic acids is 2. The van der Waals surface area contributed by atoms with Crippen molar-refractivity contribution in [2.45, 2.75) is 0 Å². The second-order valence-corrected chi connectivity index (χ2v) is 4.92. The Kier molecular flexibility index (Phi) is 6.22. The van der Waals surface area contributed by atoms with E-state index >= 15 is 0 Å². The highest BCUT2D eigenvalue weighted by Crippen LogP contribution is 2.28. The van der Waals surface area contributed by atoms with E-state index in [4.69, 9.17) is 14.2 Å². The van der Waals surface area contributed by atoms with E-state index in [1.165, 1.54) is 21.3 Å². The standard InChI is InChI=1S/C18H19NO6/c1-22-14-8-9-16(23-2)15(10-14)19-17(20)11-25-13-6-4-12(5-7-13)18(21)24-3/h4-10H,11H2,1-3H3,(H,19,20). The fourth-order valence-corrected chi connectivity index (χ4v) is 2.05. The highest BCUT2D eigenvalue weighted by molar-refractivity contribution is 5.93. The smallest absolute Gasteiger partial charge is 0.337 e. The number of methoxy groups -OCH3 is 3. The summed E-state index contributed by atoms with van der Waals surface area (Å²) in [4.78, 5) is 23.4. The van der Waals surface area contributed by atoms with Gasteiger partial charge in [-0.15, -0.1) is 0 Å². The number of hydrogen-bond acceptors (Lipinski definition) is 6. The van der Waals surface area contributed by atoms with Crippen LogP contribution in [0, 0.1) is 0 Å². The molecule has 0 bridgehead atoms. The van der Waals surface area contributed by atoms with Crippen LogP contribution in [0.15, 0.2) is 42.5 Å². The van der Waals surface area contributed by atoms with Crippen LogP contribution in [0.5, 0.6) is 17.2 Å². The molecule has 0 saturated heterocycles. The lowest BCUT2D eigenvalue weighted by molar-refractivity contribution is -0.118. The predicted octanol–water partition coefficient (Wildman–Crippen LogP) is 2.51. The third kappa shape index (κ3) is 4.87. The van der Waals surface area contributed by atoms with Gasteiger partial charge < -0.3 is 24.3 Å². The van der Waals surface area contributed by atoms with Gasteiger partial charge in [-0.1, -0.05) is 0 Å². The molecule has 7 nitrogen and oxygen atoms in total. The lowest BCUT2D eigenvalue weighted by Crippen LogP contribution is -2.20. The number of amides is 1. The number of anilines is 1. The minimum atomic E-state index is -0.436. The predicted molar refractivity (Wildman–Crippen MR) is 91.5 cm³/mol. The van der Waals surface area contributed by atoms with Gasteiger partial charge in [0.05, 0.1) is 32.6 Å². The topological polar surface area (TPSA) is 83.1 Å². The molecule has 0 aromatic heterocycles. The van der Waals surface area contributed by atoms with Crippen molar-refractivity contribution in [3.05, 3.63) is 48.0 Å². The minimum Gasteiger partial charge on any atom is -0.497 e. The van der Waals surface area contributed by atoms with Crippen molar-refractivity contribution in [1.82, 2.24) is 0 Å². The Hall–Kier alpha value is -3.22. The third-order valence-corrected chi connectivity index (χ3v) is 3.33. The van der Waals surface area contributed by atoms with Crippen LogP contribution in [0.25, 0.3) is 0 Å². The average molecular weight is 345 g/mol. The molecule has 0 aliphatic rings. The van der Waals surface area contributed by atoms with Gasteiger partial charge in [0.2, 0.25) is 0 Å². The summed E-state index contributed by atoms with van der Waals surface area (Å²) in [6.07, 6.45) is 0. The number of hydrogen-bond donors (Lipinski definition) is 1. The van der Waals surface area contributed by atoms with Crippen LogP contribution >= 0.6 is 0 Å². The van der Waals surface area contributed by atoms with Gasteiger partial charge in [0.25, 0.3) is 5.91 Å². The zero-order valence-corrected chi connectivity index (χ0v) is 14.2. The van der Waals surface area contributed by atoms with E-state index in [1.807, 2.05) is 0 Å². The largest absolute Gasteiger partial charge is 0.497 e. The molecule has 1 amide bonds. The minimum absolute atomic E-state index is 0.196. The lowest BCUT2D eigenvalue weighted by atomic mass is 10.2. The molecule has 0 saturated carbocycles. The molecule has 2 aromatic carbocycles. The first-order valence-corrected chi connectivity index (χ1v) is 7.40. The van der Waals surface area contributed by atoms with E-state index in [0.29, 0.717) is 28.5 Å². The molecule has 0 fully saturated rings. The number of benzene rings is 2. The molecule has 0 radical (unpaired) electrons.